The van der Waals surface area contributed by atoms with Crippen molar-refractivity contribution in [2.24, 2.45) is 0 Å². The van der Waals surface area contributed by atoms with Crippen LogP contribution in [0.5, 0.6) is 0 Å². The number of fused-ring (bicyclic) bond motifs is 6. The number of nitrogens with zero attached hydrogens (tertiary/aromatic N) is 1. The number of allylic oxidation sites excluding steroid dienone is 5. The molecular formula is C27H17NO2STe. The topological polar surface area (TPSA) is 37.4 Å². The van der Waals surface area contributed by atoms with E-state index in [9.17, 15) is 9.59 Å². The molecule has 7 rings (SSSR count). The normalized spacial score (nSPS) is 17.4. The summed E-state index contributed by atoms with van der Waals surface area (Å²) in [6, 6.07) is 15.9. The quantitative estimate of drug-likeness (QED) is 0.185. The van der Waals surface area contributed by atoms with Crippen LogP contribution in [0.15, 0.2) is 83.6 Å². The molecule has 3 nitrogen and oxygen atoms in total. The molecule has 0 unspecified atom stereocenters. The predicted octanol–water partition coefficient (Wildman–Crippen LogP) is 5.65. The van der Waals surface area contributed by atoms with E-state index in [0.29, 0.717) is 16.7 Å². The van der Waals surface area contributed by atoms with Gasteiger partial charge in [-0.3, -0.25) is 0 Å². The molecule has 32 heavy (non-hydrogen) atoms. The van der Waals surface area contributed by atoms with Gasteiger partial charge in [-0.2, -0.15) is 0 Å². The average Bonchev–Trinajstić information content (AvgIpc) is 3.60. The van der Waals surface area contributed by atoms with Crippen LogP contribution in [0, 0.1) is 0 Å². The van der Waals surface area contributed by atoms with Gasteiger partial charge in [-0.05, 0) is 0 Å². The van der Waals surface area contributed by atoms with Crippen molar-refractivity contribution < 1.29 is 9.59 Å². The first kappa shape index (κ1) is 18.8. The van der Waals surface area contributed by atoms with Crippen molar-refractivity contribution in [2.45, 2.75) is 19.5 Å². The van der Waals surface area contributed by atoms with Crippen molar-refractivity contribution in [2.75, 3.05) is 0 Å². The van der Waals surface area contributed by atoms with E-state index in [4.69, 9.17) is 0 Å². The third-order valence-electron chi connectivity index (χ3n) is 6.59. The SMILES string of the molecule is O=C1C(=CC2=CC=C(N3Cc4[te]c5c(sc6ccccc65)c4C3)C2)C(=O)c2ccccc21. The first-order chi connectivity index (χ1) is 15.7. The van der Waals surface area contributed by atoms with Crippen LogP contribution < -0.4 is 0 Å². The average molecular weight is 547 g/mol. The van der Waals surface area contributed by atoms with Crippen LogP contribution in [-0.2, 0) is 13.1 Å². The number of hydrogen-bond acceptors (Lipinski definition) is 4. The predicted molar refractivity (Wildman–Crippen MR) is 129 cm³/mol. The Bertz CT molecular complexity index is 1560. The van der Waals surface area contributed by atoms with E-state index >= 15 is 0 Å². The summed E-state index contributed by atoms with van der Waals surface area (Å²) in [5.41, 5.74) is 5.25. The van der Waals surface area contributed by atoms with Crippen LogP contribution in [-0.4, -0.2) is 36.9 Å². The van der Waals surface area contributed by atoms with E-state index in [0.717, 1.165) is 25.1 Å². The second-order valence-corrected chi connectivity index (χ2v) is 12.7. The maximum atomic E-state index is 12.7. The Morgan fingerprint density at radius 1 is 0.906 bits per heavy atom. The summed E-state index contributed by atoms with van der Waals surface area (Å²) in [5, 5.41) is 1.47. The first-order valence-electron chi connectivity index (χ1n) is 10.6. The van der Waals surface area contributed by atoms with E-state index < -0.39 is 0 Å². The van der Waals surface area contributed by atoms with Crippen molar-refractivity contribution in [1.82, 2.24) is 4.90 Å². The number of hydrogen-bond donors (Lipinski definition) is 0. The van der Waals surface area contributed by atoms with Crippen LogP contribution >= 0.6 is 11.3 Å². The fourth-order valence-electron chi connectivity index (χ4n) is 4.98. The summed E-state index contributed by atoms with van der Waals surface area (Å²) in [6.07, 6.45) is 6.82. The van der Waals surface area contributed by atoms with Gasteiger partial charge in [-0.15, -0.1) is 0 Å². The molecular weight excluding hydrogens is 530 g/mol. The van der Waals surface area contributed by atoms with Crippen LogP contribution in [0.4, 0.5) is 0 Å². The molecule has 5 heteroatoms. The van der Waals surface area contributed by atoms with Gasteiger partial charge in [-0.25, -0.2) is 0 Å². The van der Waals surface area contributed by atoms with Crippen LogP contribution in [0.1, 0.15) is 36.3 Å². The molecule has 1 aliphatic heterocycles. The third-order valence-corrected chi connectivity index (χ3v) is 11.8. The molecule has 0 amide bonds. The van der Waals surface area contributed by atoms with Crippen LogP contribution in [0.3, 0.4) is 0 Å². The van der Waals surface area contributed by atoms with Gasteiger partial charge in [0.15, 0.2) is 0 Å². The number of thiophene rings is 1. The molecule has 0 saturated heterocycles. The summed E-state index contributed by atoms with van der Waals surface area (Å²) < 4.78 is 6.25. The van der Waals surface area contributed by atoms with Crippen LogP contribution in [0.2, 0.25) is 0 Å². The Morgan fingerprint density at radius 3 is 2.47 bits per heavy atom. The molecule has 2 aromatic heterocycles. The van der Waals surface area contributed by atoms with E-state index in [1.54, 1.807) is 24.7 Å². The minimum absolute atomic E-state index is 0.148. The summed E-state index contributed by atoms with van der Waals surface area (Å²) in [7, 11) is 0. The number of ketones is 2. The van der Waals surface area contributed by atoms with Crippen molar-refractivity contribution in [3.63, 3.8) is 0 Å². The standard InChI is InChI=1S/C27H17NO2STe/c29-24-17-5-1-2-6-18(17)25(30)20(24)12-15-9-10-16(11-15)28-13-21-23(14-28)32-27-19-7-3-4-8-22(19)31-26(21)27/h1-10,12H,11,13-14H2. The van der Waals surface area contributed by atoms with Gasteiger partial charge in [0.05, 0.1) is 0 Å². The Morgan fingerprint density at radius 2 is 1.66 bits per heavy atom. The van der Waals surface area contributed by atoms with Crippen molar-refractivity contribution in [3.8, 4) is 0 Å². The molecule has 0 radical (unpaired) electrons. The first-order valence-corrected chi connectivity index (χ1v) is 13.8. The number of carbonyl (C=O) groups excluding carboxylic acids is 2. The molecule has 0 fully saturated rings. The maximum absolute atomic E-state index is 12.7. The fourth-order valence-corrected chi connectivity index (χ4v) is 10.8. The number of benzene rings is 2. The van der Waals surface area contributed by atoms with E-state index in [-0.39, 0.29) is 32.0 Å². The van der Waals surface area contributed by atoms with Gasteiger partial charge in [0.1, 0.15) is 0 Å². The summed E-state index contributed by atoms with van der Waals surface area (Å²) in [5.74, 6) is -0.297. The molecule has 2 aliphatic carbocycles. The Hall–Kier alpha value is -2.71. The minimum atomic E-state index is -0.296. The monoisotopic (exact) mass is 549 g/mol. The van der Waals surface area contributed by atoms with Gasteiger partial charge in [0, 0.05) is 0 Å². The van der Waals surface area contributed by atoms with E-state index in [1.165, 1.54) is 20.5 Å². The van der Waals surface area contributed by atoms with Gasteiger partial charge in [0.25, 0.3) is 0 Å². The molecule has 3 heterocycles. The number of carbonyl (C=O) groups is 2. The number of rotatable bonds is 2. The molecule has 0 spiro atoms. The van der Waals surface area contributed by atoms with Gasteiger partial charge < -0.3 is 0 Å². The Balaban J connectivity index is 1.12. The Labute approximate surface area is 198 Å². The molecule has 3 aliphatic rings. The molecule has 0 saturated carbocycles. The fraction of sp³-hybridized carbons (Fsp3) is 0.111. The number of Topliss-reactive ketones (excluding diaryl/α,β-unsaturated/α-hetero) is 2. The second-order valence-electron chi connectivity index (χ2n) is 8.45. The molecule has 0 bridgehead atoms. The molecule has 4 aromatic rings. The Kier molecular flexibility index (Phi) is 4.05. The second kappa shape index (κ2) is 6.89. The van der Waals surface area contributed by atoms with Gasteiger partial charge >= 0.3 is 199 Å². The van der Waals surface area contributed by atoms with Crippen molar-refractivity contribution in [3.05, 3.63) is 104 Å². The van der Waals surface area contributed by atoms with Crippen molar-refractivity contribution >= 4 is 61.5 Å². The zero-order valence-electron chi connectivity index (χ0n) is 17.1. The molecule has 0 atom stereocenters. The third kappa shape index (κ3) is 2.65. The summed E-state index contributed by atoms with van der Waals surface area (Å²) in [4.78, 5) is 27.9. The molecule has 154 valence electrons. The van der Waals surface area contributed by atoms with E-state index in [2.05, 4.69) is 41.3 Å². The van der Waals surface area contributed by atoms with Gasteiger partial charge in [0.2, 0.25) is 0 Å². The summed E-state index contributed by atoms with van der Waals surface area (Å²) >= 11 is 1.66. The molecule has 2 aromatic carbocycles. The molecule has 0 N–H and O–H groups in total. The van der Waals surface area contributed by atoms with E-state index in [1.807, 2.05) is 29.5 Å². The van der Waals surface area contributed by atoms with Crippen molar-refractivity contribution in [1.29, 1.82) is 0 Å². The van der Waals surface area contributed by atoms with Crippen LogP contribution in [0.25, 0.3) is 18.2 Å². The van der Waals surface area contributed by atoms with Gasteiger partial charge in [-0.1, -0.05) is 0 Å². The zero-order chi connectivity index (χ0) is 21.4. The summed E-state index contributed by atoms with van der Waals surface area (Å²) in [6.45, 7) is 2.01. The zero-order valence-corrected chi connectivity index (χ0v) is 20.2.